The molecule has 1 aliphatic rings. The summed E-state index contributed by atoms with van der Waals surface area (Å²) in [5.74, 6) is -0.531. The third-order valence-electron chi connectivity index (χ3n) is 3.49. The van der Waals surface area contributed by atoms with Gasteiger partial charge >= 0.3 is 12.0 Å². The number of carbonyl (C=O) groups excluding carboxylic acids is 1. The van der Waals surface area contributed by atoms with E-state index in [0.29, 0.717) is 17.5 Å². The number of nitrogens with zero attached hydrogens (tertiary/aromatic N) is 1. The normalized spacial score (nSPS) is 14.1. The van der Waals surface area contributed by atoms with Crippen LogP contribution in [-0.4, -0.2) is 34.6 Å². The van der Waals surface area contributed by atoms with Gasteiger partial charge < -0.3 is 15.3 Å². The Labute approximate surface area is 128 Å². The number of hydrogen-bond donors (Lipinski definition) is 2. The van der Waals surface area contributed by atoms with Gasteiger partial charge in [-0.1, -0.05) is 11.6 Å². The van der Waals surface area contributed by atoms with Gasteiger partial charge in [0.2, 0.25) is 0 Å². The van der Waals surface area contributed by atoms with Crippen molar-refractivity contribution in [1.82, 2.24) is 4.90 Å². The van der Waals surface area contributed by atoms with E-state index in [1.807, 2.05) is 13.8 Å². The second-order valence-corrected chi connectivity index (χ2v) is 6.05. The maximum atomic E-state index is 12.4. The van der Waals surface area contributed by atoms with Crippen molar-refractivity contribution in [2.24, 2.45) is 5.92 Å². The SMILES string of the molecule is CC(C)N(CC1CC1)C(=O)Nc1cc(Cl)ccc1C(=O)O. The van der Waals surface area contributed by atoms with Crippen molar-refractivity contribution >= 4 is 29.3 Å². The molecule has 1 aromatic rings. The molecule has 1 saturated carbocycles. The number of halogens is 1. The van der Waals surface area contributed by atoms with Crippen LogP contribution in [0.25, 0.3) is 0 Å². The first kappa shape index (κ1) is 15.6. The number of nitrogens with one attached hydrogen (secondary N) is 1. The van der Waals surface area contributed by atoms with E-state index in [0.717, 1.165) is 12.8 Å². The highest BCUT2D eigenvalue weighted by Crippen LogP contribution is 2.30. The lowest BCUT2D eigenvalue weighted by atomic mass is 10.2. The highest BCUT2D eigenvalue weighted by atomic mass is 35.5. The van der Waals surface area contributed by atoms with E-state index < -0.39 is 5.97 Å². The number of rotatable bonds is 5. The second kappa shape index (κ2) is 6.35. The fourth-order valence-electron chi connectivity index (χ4n) is 2.10. The topological polar surface area (TPSA) is 69.6 Å². The monoisotopic (exact) mass is 310 g/mol. The number of hydrogen-bond acceptors (Lipinski definition) is 2. The number of carbonyl (C=O) groups is 2. The predicted octanol–water partition coefficient (Wildman–Crippen LogP) is 3.69. The van der Waals surface area contributed by atoms with Crippen LogP contribution in [0.5, 0.6) is 0 Å². The first-order valence-corrected chi connectivity index (χ1v) is 7.36. The first-order chi connectivity index (χ1) is 9.88. The average molecular weight is 311 g/mol. The zero-order valence-electron chi connectivity index (χ0n) is 12.1. The quantitative estimate of drug-likeness (QED) is 0.871. The summed E-state index contributed by atoms with van der Waals surface area (Å²) in [4.78, 5) is 25.3. The molecule has 0 atom stereocenters. The zero-order chi connectivity index (χ0) is 15.6. The van der Waals surface area contributed by atoms with Crippen LogP contribution >= 0.6 is 11.6 Å². The van der Waals surface area contributed by atoms with E-state index in [1.54, 1.807) is 4.90 Å². The maximum absolute atomic E-state index is 12.4. The highest BCUT2D eigenvalue weighted by Gasteiger charge is 2.28. The van der Waals surface area contributed by atoms with E-state index in [9.17, 15) is 9.59 Å². The molecule has 2 N–H and O–H groups in total. The van der Waals surface area contributed by atoms with E-state index in [2.05, 4.69) is 5.32 Å². The molecule has 1 aromatic carbocycles. The van der Waals surface area contributed by atoms with Gasteiger partial charge in [-0.25, -0.2) is 9.59 Å². The Hall–Kier alpha value is -1.75. The van der Waals surface area contributed by atoms with Crippen LogP contribution in [0.15, 0.2) is 18.2 Å². The molecule has 21 heavy (non-hydrogen) atoms. The highest BCUT2D eigenvalue weighted by molar-refractivity contribution is 6.31. The number of carboxylic acid groups (broad SMARTS) is 1. The summed E-state index contributed by atoms with van der Waals surface area (Å²) in [6, 6.07) is 4.10. The molecule has 2 amide bonds. The third kappa shape index (κ3) is 4.11. The predicted molar refractivity (Wildman–Crippen MR) is 82.0 cm³/mol. The molecule has 0 heterocycles. The lowest BCUT2D eigenvalue weighted by molar-refractivity contribution is 0.0698. The fourth-order valence-corrected chi connectivity index (χ4v) is 2.27. The lowest BCUT2D eigenvalue weighted by Crippen LogP contribution is -2.41. The number of amides is 2. The van der Waals surface area contributed by atoms with Gasteiger partial charge in [-0.05, 0) is 50.8 Å². The largest absolute Gasteiger partial charge is 0.478 e. The minimum atomic E-state index is -1.10. The Morgan fingerprint density at radius 3 is 2.62 bits per heavy atom. The number of urea groups is 1. The summed E-state index contributed by atoms with van der Waals surface area (Å²) in [6.07, 6.45) is 2.29. The molecule has 6 heteroatoms. The van der Waals surface area contributed by atoms with Gasteiger partial charge in [0.1, 0.15) is 0 Å². The molecule has 0 spiro atoms. The third-order valence-corrected chi connectivity index (χ3v) is 3.72. The summed E-state index contributed by atoms with van der Waals surface area (Å²) in [6.45, 7) is 4.59. The summed E-state index contributed by atoms with van der Waals surface area (Å²) in [5.41, 5.74) is 0.254. The maximum Gasteiger partial charge on any atom is 0.337 e. The number of benzene rings is 1. The van der Waals surface area contributed by atoms with Gasteiger partial charge in [-0.2, -0.15) is 0 Å². The Kier molecular flexibility index (Phi) is 4.73. The molecule has 1 aliphatic carbocycles. The van der Waals surface area contributed by atoms with Gasteiger partial charge in [0.05, 0.1) is 11.3 Å². The van der Waals surface area contributed by atoms with Gasteiger partial charge in [0.25, 0.3) is 0 Å². The fraction of sp³-hybridized carbons (Fsp3) is 0.467. The molecule has 0 aliphatic heterocycles. The summed E-state index contributed by atoms with van der Waals surface area (Å²) in [7, 11) is 0. The van der Waals surface area contributed by atoms with E-state index in [1.165, 1.54) is 18.2 Å². The van der Waals surface area contributed by atoms with E-state index >= 15 is 0 Å². The summed E-state index contributed by atoms with van der Waals surface area (Å²) >= 11 is 5.88. The molecule has 0 radical (unpaired) electrons. The van der Waals surface area contributed by atoms with E-state index in [-0.39, 0.29) is 23.3 Å². The van der Waals surface area contributed by atoms with Crippen LogP contribution in [-0.2, 0) is 0 Å². The second-order valence-electron chi connectivity index (χ2n) is 5.61. The number of anilines is 1. The van der Waals surface area contributed by atoms with Gasteiger partial charge in [0.15, 0.2) is 0 Å². The minimum Gasteiger partial charge on any atom is -0.478 e. The molecule has 5 nitrogen and oxygen atoms in total. The first-order valence-electron chi connectivity index (χ1n) is 6.99. The Morgan fingerprint density at radius 1 is 1.43 bits per heavy atom. The molecular weight excluding hydrogens is 292 g/mol. The van der Waals surface area contributed by atoms with Crippen molar-refractivity contribution in [3.05, 3.63) is 28.8 Å². The number of aromatic carboxylic acids is 1. The molecule has 0 aromatic heterocycles. The van der Waals surface area contributed by atoms with Crippen LogP contribution in [0.3, 0.4) is 0 Å². The van der Waals surface area contributed by atoms with Gasteiger partial charge in [-0.3, -0.25) is 0 Å². The molecule has 114 valence electrons. The average Bonchev–Trinajstić information content (AvgIpc) is 3.18. The Balaban J connectivity index is 2.17. The van der Waals surface area contributed by atoms with Gasteiger partial charge in [-0.15, -0.1) is 0 Å². The molecule has 0 saturated heterocycles. The van der Waals surface area contributed by atoms with E-state index in [4.69, 9.17) is 16.7 Å². The van der Waals surface area contributed by atoms with Crippen LogP contribution < -0.4 is 5.32 Å². The molecule has 0 bridgehead atoms. The van der Waals surface area contributed by atoms with Crippen molar-refractivity contribution in [3.63, 3.8) is 0 Å². The van der Waals surface area contributed by atoms with Crippen molar-refractivity contribution in [1.29, 1.82) is 0 Å². The van der Waals surface area contributed by atoms with Crippen LogP contribution in [0.4, 0.5) is 10.5 Å². The Morgan fingerprint density at radius 2 is 2.10 bits per heavy atom. The number of carboxylic acids is 1. The van der Waals surface area contributed by atoms with Crippen molar-refractivity contribution < 1.29 is 14.7 Å². The molecular formula is C15H19ClN2O3. The van der Waals surface area contributed by atoms with Crippen LogP contribution in [0.2, 0.25) is 5.02 Å². The molecule has 2 rings (SSSR count). The lowest BCUT2D eigenvalue weighted by Gasteiger charge is -2.27. The van der Waals surface area contributed by atoms with Crippen molar-refractivity contribution in [2.45, 2.75) is 32.7 Å². The Bertz CT molecular complexity index is 556. The summed E-state index contributed by atoms with van der Waals surface area (Å²) < 4.78 is 0. The smallest absolute Gasteiger partial charge is 0.337 e. The molecule has 1 fully saturated rings. The molecule has 0 unspecified atom stereocenters. The zero-order valence-corrected chi connectivity index (χ0v) is 12.9. The summed E-state index contributed by atoms with van der Waals surface area (Å²) in [5, 5.41) is 12.2. The van der Waals surface area contributed by atoms with Crippen molar-refractivity contribution in [3.8, 4) is 0 Å². The van der Waals surface area contributed by atoms with Crippen molar-refractivity contribution in [2.75, 3.05) is 11.9 Å². The van der Waals surface area contributed by atoms with Gasteiger partial charge in [0, 0.05) is 17.6 Å². The van der Waals surface area contributed by atoms with Crippen LogP contribution in [0.1, 0.15) is 37.0 Å². The minimum absolute atomic E-state index is 0.0304. The van der Waals surface area contributed by atoms with Crippen LogP contribution in [0, 0.1) is 5.92 Å². The standard InChI is InChI=1S/C15H19ClN2O3/c1-9(2)18(8-10-3-4-10)15(21)17-13-7-11(16)5-6-12(13)14(19)20/h5-7,9-10H,3-4,8H2,1-2H3,(H,17,21)(H,19,20).